The largest absolute Gasteiger partial charge is 0.494 e. The fourth-order valence-corrected chi connectivity index (χ4v) is 3.85. The van der Waals surface area contributed by atoms with Crippen LogP contribution in [0.2, 0.25) is 0 Å². The van der Waals surface area contributed by atoms with Crippen LogP contribution >= 0.6 is 0 Å². The van der Waals surface area contributed by atoms with Gasteiger partial charge in [-0.25, -0.2) is 9.50 Å². The molecule has 4 rings (SSSR count). The van der Waals surface area contributed by atoms with Gasteiger partial charge in [-0.2, -0.15) is 0 Å². The summed E-state index contributed by atoms with van der Waals surface area (Å²) in [6.07, 6.45) is 8.57. The van der Waals surface area contributed by atoms with Crippen molar-refractivity contribution in [3.63, 3.8) is 0 Å². The molecule has 0 radical (unpaired) electrons. The van der Waals surface area contributed by atoms with Crippen LogP contribution < -0.4 is 15.4 Å². The van der Waals surface area contributed by atoms with Crippen molar-refractivity contribution in [3.8, 4) is 5.75 Å². The number of fused-ring (bicyclic) bond motifs is 1. The molecule has 0 spiro atoms. The van der Waals surface area contributed by atoms with Gasteiger partial charge in [-0.1, -0.05) is 19.3 Å². The van der Waals surface area contributed by atoms with Crippen LogP contribution in [0.5, 0.6) is 5.75 Å². The first kappa shape index (κ1) is 18.6. The van der Waals surface area contributed by atoms with Crippen molar-refractivity contribution in [3.05, 3.63) is 42.2 Å². The van der Waals surface area contributed by atoms with Crippen LogP contribution in [0, 0.1) is 12.8 Å². The molecule has 6 nitrogen and oxygen atoms in total. The molecule has 2 aromatic heterocycles. The third kappa shape index (κ3) is 4.21. The van der Waals surface area contributed by atoms with Crippen LogP contribution in [0.3, 0.4) is 0 Å². The van der Waals surface area contributed by atoms with Crippen molar-refractivity contribution in [1.29, 1.82) is 0 Å². The Hall–Kier alpha value is -2.76. The second-order valence-corrected chi connectivity index (χ2v) is 7.55. The van der Waals surface area contributed by atoms with Crippen molar-refractivity contribution < 1.29 is 4.74 Å². The van der Waals surface area contributed by atoms with Gasteiger partial charge in [-0.05, 0) is 56.9 Å². The summed E-state index contributed by atoms with van der Waals surface area (Å²) in [5.74, 6) is 2.50. The number of imidazole rings is 1. The molecule has 0 unspecified atom stereocenters. The van der Waals surface area contributed by atoms with E-state index in [9.17, 15) is 0 Å². The minimum atomic E-state index is 0.668. The minimum Gasteiger partial charge on any atom is -0.494 e. The van der Waals surface area contributed by atoms with Crippen LogP contribution in [0.25, 0.3) is 5.65 Å². The standard InChI is InChI=1S/C22H29N5O/c1-3-28-19-11-9-18(10-12-19)25-20-13-21(23-15-17-7-5-4-6-8-17)26-27-16(2)14-24-22(20)27/h9-14,17,25H,3-8,15H2,1-2H3,(H,23,26). The maximum atomic E-state index is 5.53. The molecule has 0 amide bonds. The highest BCUT2D eigenvalue weighted by Crippen LogP contribution is 2.27. The van der Waals surface area contributed by atoms with Gasteiger partial charge in [0.15, 0.2) is 5.65 Å². The first-order valence-corrected chi connectivity index (χ1v) is 10.3. The molecule has 148 valence electrons. The number of ether oxygens (including phenoxy) is 1. The second kappa shape index (κ2) is 8.50. The molecular weight excluding hydrogens is 350 g/mol. The summed E-state index contributed by atoms with van der Waals surface area (Å²) in [7, 11) is 0. The third-order valence-corrected chi connectivity index (χ3v) is 5.38. The minimum absolute atomic E-state index is 0.668. The predicted octanol–water partition coefficient (Wildman–Crippen LogP) is 5.17. The van der Waals surface area contributed by atoms with E-state index in [0.717, 1.165) is 46.7 Å². The van der Waals surface area contributed by atoms with E-state index >= 15 is 0 Å². The number of anilines is 3. The molecule has 1 fully saturated rings. The number of aryl methyl sites for hydroxylation is 1. The first-order valence-electron chi connectivity index (χ1n) is 10.3. The normalized spacial score (nSPS) is 14.9. The number of aromatic nitrogens is 3. The number of nitrogens with zero attached hydrogens (tertiary/aromatic N) is 3. The highest BCUT2D eigenvalue weighted by molar-refractivity contribution is 5.76. The van der Waals surface area contributed by atoms with Crippen molar-refractivity contribution in [2.75, 3.05) is 23.8 Å². The van der Waals surface area contributed by atoms with Crippen LogP contribution in [0.15, 0.2) is 36.5 Å². The molecule has 1 aliphatic rings. The van der Waals surface area contributed by atoms with E-state index in [-0.39, 0.29) is 0 Å². The van der Waals surface area contributed by atoms with Gasteiger partial charge in [0.1, 0.15) is 11.6 Å². The molecule has 1 saturated carbocycles. The number of hydrogen-bond donors (Lipinski definition) is 2. The SMILES string of the molecule is CCOc1ccc(Nc2cc(NCC3CCCCC3)nn3c(C)cnc23)cc1. The monoisotopic (exact) mass is 379 g/mol. The number of rotatable bonds is 7. The summed E-state index contributed by atoms with van der Waals surface area (Å²) in [5, 5.41) is 11.8. The Balaban J connectivity index is 1.55. The molecule has 0 atom stereocenters. The summed E-state index contributed by atoms with van der Waals surface area (Å²) >= 11 is 0. The Labute approximate surface area is 166 Å². The molecule has 1 aliphatic carbocycles. The molecule has 2 heterocycles. The lowest BCUT2D eigenvalue weighted by atomic mass is 9.89. The van der Waals surface area contributed by atoms with E-state index in [4.69, 9.17) is 9.84 Å². The van der Waals surface area contributed by atoms with Crippen molar-refractivity contribution in [2.45, 2.75) is 46.0 Å². The van der Waals surface area contributed by atoms with E-state index in [1.165, 1.54) is 32.1 Å². The summed E-state index contributed by atoms with van der Waals surface area (Å²) < 4.78 is 7.43. The molecule has 0 bridgehead atoms. The Bertz CT molecular complexity index is 913. The van der Waals surface area contributed by atoms with E-state index in [2.05, 4.69) is 21.7 Å². The van der Waals surface area contributed by atoms with Gasteiger partial charge in [-0.3, -0.25) is 0 Å². The Morgan fingerprint density at radius 2 is 1.93 bits per heavy atom. The second-order valence-electron chi connectivity index (χ2n) is 7.55. The molecule has 6 heteroatoms. The van der Waals surface area contributed by atoms with Gasteiger partial charge in [0.2, 0.25) is 0 Å². The van der Waals surface area contributed by atoms with Gasteiger partial charge in [0.05, 0.1) is 24.2 Å². The molecule has 0 saturated heterocycles. The molecule has 28 heavy (non-hydrogen) atoms. The van der Waals surface area contributed by atoms with Gasteiger partial charge >= 0.3 is 0 Å². The molecule has 3 aromatic rings. The van der Waals surface area contributed by atoms with Crippen LogP contribution in [0.1, 0.15) is 44.7 Å². The first-order chi connectivity index (χ1) is 13.7. The average Bonchev–Trinajstić information content (AvgIpc) is 3.10. The molecule has 2 N–H and O–H groups in total. The zero-order chi connectivity index (χ0) is 19.3. The van der Waals surface area contributed by atoms with E-state index in [1.54, 1.807) is 0 Å². The Morgan fingerprint density at radius 1 is 1.14 bits per heavy atom. The maximum Gasteiger partial charge on any atom is 0.177 e. The summed E-state index contributed by atoms with van der Waals surface area (Å²) in [5.41, 5.74) is 3.79. The summed E-state index contributed by atoms with van der Waals surface area (Å²) in [6.45, 7) is 5.66. The van der Waals surface area contributed by atoms with E-state index in [0.29, 0.717) is 6.61 Å². The maximum absolute atomic E-state index is 5.53. The lowest BCUT2D eigenvalue weighted by Gasteiger charge is -2.22. The fourth-order valence-electron chi connectivity index (χ4n) is 3.85. The van der Waals surface area contributed by atoms with Crippen molar-refractivity contribution in [1.82, 2.24) is 14.6 Å². The molecular formula is C22H29N5O. The lowest BCUT2D eigenvalue weighted by molar-refractivity contribution is 0.340. The topological polar surface area (TPSA) is 63.5 Å². The highest BCUT2D eigenvalue weighted by Gasteiger charge is 2.15. The molecule has 1 aromatic carbocycles. The van der Waals surface area contributed by atoms with E-state index in [1.807, 2.05) is 48.8 Å². The average molecular weight is 380 g/mol. The summed E-state index contributed by atoms with van der Waals surface area (Å²) in [4.78, 5) is 4.54. The number of benzene rings is 1. The zero-order valence-corrected chi connectivity index (χ0v) is 16.7. The third-order valence-electron chi connectivity index (χ3n) is 5.38. The smallest absolute Gasteiger partial charge is 0.177 e. The highest BCUT2D eigenvalue weighted by atomic mass is 16.5. The van der Waals surface area contributed by atoms with Crippen molar-refractivity contribution >= 4 is 22.8 Å². The van der Waals surface area contributed by atoms with E-state index < -0.39 is 0 Å². The van der Waals surface area contributed by atoms with Gasteiger partial charge in [-0.15, -0.1) is 5.10 Å². The fraction of sp³-hybridized carbons (Fsp3) is 0.455. The van der Waals surface area contributed by atoms with Gasteiger partial charge < -0.3 is 15.4 Å². The Kier molecular flexibility index (Phi) is 5.65. The van der Waals surface area contributed by atoms with Crippen molar-refractivity contribution in [2.24, 2.45) is 5.92 Å². The van der Waals surface area contributed by atoms with Crippen LogP contribution in [0.4, 0.5) is 17.2 Å². The Morgan fingerprint density at radius 3 is 2.68 bits per heavy atom. The number of nitrogens with one attached hydrogen (secondary N) is 2. The van der Waals surface area contributed by atoms with Gasteiger partial charge in [0, 0.05) is 18.3 Å². The summed E-state index contributed by atoms with van der Waals surface area (Å²) in [6, 6.07) is 10.0. The van der Waals surface area contributed by atoms with Crippen LogP contribution in [-0.4, -0.2) is 27.7 Å². The number of hydrogen-bond acceptors (Lipinski definition) is 5. The predicted molar refractivity (Wildman–Crippen MR) is 114 cm³/mol. The van der Waals surface area contributed by atoms with Gasteiger partial charge in [0.25, 0.3) is 0 Å². The molecule has 0 aliphatic heterocycles. The van der Waals surface area contributed by atoms with Crippen LogP contribution in [-0.2, 0) is 0 Å². The zero-order valence-electron chi connectivity index (χ0n) is 16.7. The quantitative estimate of drug-likeness (QED) is 0.593. The lowest BCUT2D eigenvalue weighted by Crippen LogP contribution is -2.18.